The average molecular weight is 436 g/mol. The molecule has 2 N–H and O–H groups in total. The number of rotatable bonds is 2. The average Bonchev–Trinajstić information content (AvgIpc) is 3.61. The summed E-state index contributed by atoms with van der Waals surface area (Å²) in [6.07, 6.45) is 2.30. The summed E-state index contributed by atoms with van der Waals surface area (Å²) in [5, 5.41) is 5.89. The molecular weight excluding hydrogens is 406 g/mol. The van der Waals surface area contributed by atoms with Gasteiger partial charge in [-0.3, -0.25) is 14.4 Å². The molecule has 0 saturated heterocycles. The minimum atomic E-state index is -0.722. The molecule has 7 nitrogen and oxygen atoms in total. The van der Waals surface area contributed by atoms with Gasteiger partial charge in [-0.25, -0.2) is 0 Å². The second-order valence-corrected chi connectivity index (χ2v) is 8.64. The van der Waals surface area contributed by atoms with Crippen LogP contribution in [0.3, 0.4) is 0 Å². The van der Waals surface area contributed by atoms with Crippen molar-refractivity contribution < 1.29 is 19.1 Å². The Hall–Kier alpha value is -3.35. The first-order valence-electron chi connectivity index (χ1n) is 11.1. The molecule has 1 heterocycles. The van der Waals surface area contributed by atoms with Crippen LogP contribution in [0.5, 0.6) is 5.75 Å². The molecule has 2 unspecified atom stereocenters. The SMILES string of the molecule is CC1COc2cccc(c2)-c2cccc(c2)C(=O)N(C)C(C(=O)NC2CC2)CCC(=O)N1. The molecule has 3 amide bonds. The minimum Gasteiger partial charge on any atom is -0.491 e. The van der Waals surface area contributed by atoms with E-state index in [1.807, 2.05) is 49.4 Å². The highest BCUT2D eigenvalue weighted by Crippen LogP contribution is 2.26. The van der Waals surface area contributed by atoms with Gasteiger partial charge in [0, 0.05) is 25.1 Å². The molecule has 1 fully saturated rings. The summed E-state index contributed by atoms with van der Waals surface area (Å²) >= 11 is 0. The van der Waals surface area contributed by atoms with Crippen LogP contribution in [0.1, 0.15) is 43.0 Å². The number of carbonyl (C=O) groups is 3. The van der Waals surface area contributed by atoms with Crippen molar-refractivity contribution in [2.45, 2.75) is 50.7 Å². The lowest BCUT2D eigenvalue weighted by atomic mass is 10.0. The van der Waals surface area contributed by atoms with Crippen LogP contribution in [0.2, 0.25) is 0 Å². The van der Waals surface area contributed by atoms with Gasteiger partial charge in [0.1, 0.15) is 18.4 Å². The molecule has 1 aliphatic heterocycles. The summed E-state index contributed by atoms with van der Waals surface area (Å²) in [5.41, 5.74) is 2.31. The Labute approximate surface area is 188 Å². The monoisotopic (exact) mass is 435 g/mol. The van der Waals surface area contributed by atoms with Gasteiger partial charge in [-0.15, -0.1) is 0 Å². The first-order chi connectivity index (χ1) is 15.4. The number of nitrogens with zero attached hydrogens (tertiary/aromatic N) is 1. The van der Waals surface area contributed by atoms with Crippen LogP contribution >= 0.6 is 0 Å². The standard InChI is InChI=1S/C25H29N3O4/c1-16-15-32-21-8-4-6-18(14-21)17-5-3-7-19(13-17)25(31)28(2)22(11-12-23(29)26-16)24(30)27-20-9-10-20/h3-8,13-14,16,20,22H,9-12,15H2,1-2H3,(H,26,29)(H,27,30). The fourth-order valence-electron chi connectivity index (χ4n) is 3.85. The van der Waals surface area contributed by atoms with Crippen LogP contribution in [0, 0.1) is 0 Å². The van der Waals surface area contributed by atoms with Gasteiger partial charge in [0.2, 0.25) is 11.8 Å². The smallest absolute Gasteiger partial charge is 0.254 e. The predicted molar refractivity (Wildman–Crippen MR) is 121 cm³/mol. The van der Waals surface area contributed by atoms with Crippen molar-refractivity contribution in [1.29, 1.82) is 0 Å². The highest BCUT2D eigenvalue weighted by atomic mass is 16.5. The number of hydrogen-bond donors (Lipinski definition) is 2. The Bertz CT molecular complexity index is 1020. The number of hydrogen-bond acceptors (Lipinski definition) is 4. The normalized spacial score (nSPS) is 22.0. The summed E-state index contributed by atoms with van der Waals surface area (Å²) in [6, 6.07) is 14.3. The van der Waals surface area contributed by atoms with Crippen molar-refractivity contribution in [2.24, 2.45) is 0 Å². The van der Waals surface area contributed by atoms with E-state index in [9.17, 15) is 14.4 Å². The zero-order valence-corrected chi connectivity index (χ0v) is 18.5. The third-order valence-corrected chi connectivity index (χ3v) is 5.84. The minimum absolute atomic E-state index is 0.139. The van der Waals surface area contributed by atoms with Crippen LogP contribution < -0.4 is 15.4 Å². The van der Waals surface area contributed by atoms with Gasteiger partial charge in [0.25, 0.3) is 5.91 Å². The molecule has 32 heavy (non-hydrogen) atoms. The van der Waals surface area contributed by atoms with Gasteiger partial charge < -0.3 is 20.3 Å². The highest BCUT2D eigenvalue weighted by Gasteiger charge is 2.32. The molecule has 0 aromatic heterocycles. The van der Waals surface area contributed by atoms with Crippen LogP contribution in [0.4, 0.5) is 0 Å². The molecular formula is C25H29N3O4. The zero-order chi connectivity index (χ0) is 22.7. The van der Waals surface area contributed by atoms with Crippen LogP contribution in [-0.4, -0.2) is 54.4 Å². The van der Waals surface area contributed by atoms with Gasteiger partial charge >= 0.3 is 0 Å². The van der Waals surface area contributed by atoms with Gasteiger partial charge in [0.15, 0.2) is 0 Å². The fraction of sp³-hybridized carbons (Fsp3) is 0.400. The quantitative estimate of drug-likeness (QED) is 0.759. The molecule has 2 aliphatic rings. The van der Waals surface area contributed by atoms with Crippen molar-refractivity contribution in [2.75, 3.05) is 13.7 Å². The van der Waals surface area contributed by atoms with Gasteiger partial charge in [-0.1, -0.05) is 24.3 Å². The summed E-state index contributed by atoms with van der Waals surface area (Å²) in [6.45, 7) is 2.21. The highest BCUT2D eigenvalue weighted by molar-refractivity contribution is 5.98. The third kappa shape index (κ3) is 5.28. The lowest BCUT2D eigenvalue weighted by Gasteiger charge is -2.28. The maximum absolute atomic E-state index is 13.3. The number of benzene rings is 2. The van der Waals surface area contributed by atoms with Crippen molar-refractivity contribution >= 4 is 17.7 Å². The first-order valence-corrected chi connectivity index (χ1v) is 11.1. The number of nitrogens with one attached hydrogen (secondary N) is 2. The van der Waals surface area contributed by atoms with E-state index in [1.54, 1.807) is 13.1 Å². The summed E-state index contributed by atoms with van der Waals surface area (Å²) < 4.78 is 5.87. The number of fused-ring (bicyclic) bond motifs is 5. The number of amides is 3. The Balaban J connectivity index is 1.67. The Morgan fingerprint density at radius 1 is 1.03 bits per heavy atom. The van der Waals surface area contributed by atoms with Crippen molar-refractivity contribution in [3.05, 3.63) is 54.1 Å². The van der Waals surface area contributed by atoms with E-state index in [4.69, 9.17) is 4.74 Å². The van der Waals surface area contributed by atoms with E-state index in [0.29, 0.717) is 17.9 Å². The molecule has 7 heteroatoms. The van der Waals surface area contributed by atoms with Gasteiger partial charge in [-0.2, -0.15) is 0 Å². The van der Waals surface area contributed by atoms with Crippen LogP contribution in [0.25, 0.3) is 11.1 Å². The maximum atomic E-state index is 13.3. The van der Waals surface area contributed by atoms with Gasteiger partial charge in [-0.05, 0) is 61.6 Å². The predicted octanol–water partition coefficient (Wildman–Crippen LogP) is 2.75. The second kappa shape index (κ2) is 9.42. The van der Waals surface area contributed by atoms with E-state index in [-0.39, 0.29) is 42.6 Å². The van der Waals surface area contributed by atoms with E-state index in [1.165, 1.54) is 4.90 Å². The lowest BCUT2D eigenvalue weighted by Crippen LogP contribution is -2.49. The molecule has 168 valence electrons. The molecule has 2 aromatic carbocycles. The van der Waals surface area contributed by atoms with Gasteiger partial charge in [0.05, 0.1) is 6.04 Å². The second-order valence-electron chi connectivity index (χ2n) is 8.64. The summed E-state index contributed by atoms with van der Waals surface area (Å²) in [5.74, 6) is 0.0592. The van der Waals surface area contributed by atoms with Crippen molar-refractivity contribution in [1.82, 2.24) is 15.5 Å². The molecule has 1 aliphatic carbocycles. The molecule has 4 rings (SSSR count). The summed E-state index contributed by atoms with van der Waals surface area (Å²) in [4.78, 5) is 40.1. The Kier molecular flexibility index (Phi) is 6.44. The topological polar surface area (TPSA) is 87.7 Å². The maximum Gasteiger partial charge on any atom is 0.254 e. The number of carbonyl (C=O) groups excluding carboxylic acids is 3. The number of ether oxygens (including phenoxy) is 1. The third-order valence-electron chi connectivity index (χ3n) is 5.84. The molecule has 0 radical (unpaired) electrons. The van der Waals surface area contributed by atoms with E-state index in [0.717, 1.165) is 24.0 Å². The summed E-state index contributed by atoms with van der Waals surface area (Å²) in [7, 11) is 1.63. The van der Waals surface area contributed by atoms with E-state index in [2.05, 4.69) is 10.6 Å². The largest absolute Gasteiger partial charge is 0.491 e. The van der Waals surface area contributed by atoms with Crippen molar-refractivity contribution in [3.63, 3.8) is 0 Å². The molecule has 4 bridgehead atoms. The van der Waals surface area contributed by atoms with E-state index < -0.39 is 6.04 Å². The lowest BCUT2D eigenvalue weighted by molar-refractivity contribution is -0.126. The van der Waals surface area contributed by atoms with Crippen molar-refractivity contribution in [3.8, 4) is 16.9 Å². The molecule has 1 saturated carbocycles. The molecule has 0 spiro atoms. The fourth-order valence-corrected chi connectivity index (χ4v) is 3.85. The Morgan fingerprint density at radius 3 is 2.47 bits per heavy atom. The zero-order valence-electron chi connectivity index (χ0n) is 18.5. The van der Waals surface area contributed by atoms with E-state index >= 15 is 0 Å². The number of likely N-dealkylation sites (N-methyl/N-ethyl adjacent to an activating group) is 1. The molecule has 2 atom stereocenters. The first kappa shape index (κ1) is 21.9. The Morgan fingerprint density at radius 2 is 1.72 bits per heavy atom. The van der Waals surface area contributed by atoms with Crippen LogP contribution in [-0.2, 0) is 9.59 Å². The van der Waals surface area contributed by atoms with Crippen LogP contribution in [0.15, 0.2) is 48.5 Å². The molecule has 2 aromatic rings.